The molecule has 0 radical (unpaired) electrons. The Balaban J connectivity index is 0.000000245. The Morgan fingerprint density at radius 1 is 0.625 bits per heavy atom. The summed E-state index contributed by atoms with van der Waals surface area (Å²) in [5, 5.41) is 20.6. The normalized spacial score (nSPS) is 9.75. The van der Waals surface area contributed by atoms with Gasteiger partial charge >= 0.3 is 0 Å². The van der Waals surface area contributed by atoms with Gasteiger partial charge < -0.3 is 0 Å². The third-order valence-corrected chi connectivity index (χ3v) is 3.84. The van der Waals surface area contributed by atoms with Gasteiger partial charge in [-0.1, -0.05) is 18.2 Å². The molecule has 0 fully saturated rings. The molecule has 170 valence electrons. The second-order valence-electron chi connectivity index (χ2n) is 6.40. The van der Waals surface area contributed by atoms with Gasteiger partial charge in [-0.2, -0.15) is 0 Å². The van der Waals surface area contributed by atoms with Crippen molar-refractivity contribution >= 4 is 11.4 Å². The maximum absolute atomic E-state index is 12.4. The summed E-state index contributed by atoms with van der Waals surface area (Å²) in [7, 11) is 0. The Bertz CT molecular complexity index is 1060. The first-order valence-electron chi connectivity index (χ1n) is 8.76. The molecule has 3 aromatic rings. The molecule has 0 aromatic heterocycles. The van der Waals surface area contributed by atoms with Gasteiger partial charge in [0.25, 0.3) is 11.4 Å². The lowest BCUT2D eigenvalue weighted by Crippen LogP contribution is -1.93. The highest BCUT2D eigenvalue weighted by Crippen LogP contribution is 2.21. The average Bonchev–Trinajstić information content (AvgIpc) is 2.73. The van der Waals surface area contributed by atoms with Gasteiger partial charge in [-0.05, 0) is 49.6 Å². The molecule has 0 amide bonds. The van der Waals surface area contributed by atoms with Gasteiger partial charge in [0.2, 0.25) is 0 Å². The topological polar surface area (TPSA) is 86.3 Å². The van der Waals surface area contributed by atoms with Crippen LogP contribution in [-0.2, 0) is 0 Å². The summed E-state index contributed by atoms with van der Waals surface area (Å²) >= 11 is 0. The Morgan fingerprint density at radius 3 is 1.50 bits per heavy atom. The second kappa shape index (κ2) is 11.5. The van der Waals surface area contributed by atoms with Crippen LogP contribution in [0.2, 0.25) is 0 Å². The minimum absolute atomic E-state index is 0.110. The standard InChI is InChI=1S/C7H5F3.C7H6F2.C7H6N2O4/c1-4-2-3-5(8)7(10)6(4)9;1-5-3-2-4-6(8)7(5)9;1-5-2-6(8(10)11)4-7(3-5)9(12)13/h2-3H,1H3;2-4H,1H3;2-4H,1H3. The number of aryl methyl sites for hydroxylation is 3. The smallest absolute Gasteiger partial charge is 0.258 e. The molecule has 0 saturated heterocycles. The van der Waals surface area contributed by atoms with Gasteiger partial charge in [-0.25, -0.2) is 22.0 Å². The number of nitrogens with zero attached hydrogens (tertiary/aromatic N) is 2. The van der Waals surface area contributed by atoms with E-state index in [-0.39, 0.29) is 16.9 Å². The van der Waals surface area contributed by atoms with E-state index < -0.39 is 38.9 Å². The summed E-state index contributed by atoms with van der Waals surface area (Å²) in [5.74, 6) is -5.20. The zero-order chi connectivity index (χ0) is 24.6. The van der Waals surface area contributed by atoms with Crippen LogP contribution < -0.4 is 0 Å². The largest absolute Gasteiger partial charge is 0.276 e. The molecule has 6 nitrogen and oxygen atoms in total. The SMILES string of the molecule is Cc1cc([N+](=O)[O-])cc([N+](=O)[O-])c1.Cc1ccc(F)c(F)c1F.Cc1cccc(F)c1F. The fraction of sp³-hybridized carbons (Fsp3) is 0.143. The van der Waals surface area contributed by atoms with Gasteiger partial charge in [0.05, 0.1) is 15.9 Å². The fourth-order valence-electron chi connectivity index (χ4n) is 2.19. The minimum Gasteiger partial charge on any atom is -0.258 e. The second-order valence-corrected chi connectivity index (χ2v) is 6.40. The van der Waals surface area contributed by atoms with Crippen molar-refractivity contribution in [3.63, 3.8) is 0 Å². The summed E-state index contributed by atoms with van der Waals surface area (Å²) in [4.78, 5) is 19.3. The summed E-state index contributed by atoms with van der Waals surface area (Å²) in [6, 6.07) is 9.70. The highest BCUT2D eigenvalue weighted by molar-refractivity contribution is 5.46. The third-order valence-electron chi connectivity index (χ3n) is 3.84. The number of benzene rings is 3. The molecule has 0 atom stereocenters. The molecule has 0 saturated carbocycles. The predicted molar refractivity (Wildman–Crippen MR) is 107 cm³/mol. The molecule has 0 aliphatic heterocycles. The maximum atomic E-state index is 12.4. The molecule has 0 heterocycles. The van der Waals surface area contributed by atoms with Crippen molar-refractivity contribution in [3.8, 4) is 0 Å². The van der Waals surface area contributed by atoms with E-state index in [0.717, 1.165) is 18.2 Å². The van der Waals surface area contributed by atoms with E-state index in [1.807, 2.05) is 0 Å². The van der Waals surface area contributed by atoms with Crippen molar-refractivity contribution in [1.82, 2.24) is 0 Å². The first-order chi connectivity index (χ1) is 14.8. The van der Waals surface area contributed by atoms with Crippen molar-refractivity contribution in [2.24, 2.45) is 0 Å². The molecular weight excluding hydrogens is 439 g/mol. The van der Waals surface area contributed by atoms with E-state index in [1.165, 1.54) is 44.2 Å². The van der Waals surface area contributed by atoms with Crippen molar-refractivity contribution in [3.05, 3.63) is 115 Å². The Kier molecular flexibility index (Phi) is 9.39. The van der Waals surface area contributed by atoms with Crippen LogP contribution >= 0.6 is 0 Å². The maximum Gasteiger partial charge on any atom is 0.276 e. The van der Waals surface area contributed by atoms with Crippen LogP contribution in [-0.4, -0.2) is 9.85 Å². The molecule has 3 rings (SSSR count). The lowest BCUT2D eigenvalue weighted by atomic mass is 10.2. The molecular formula is C21H17F5N2O4. The van der Waals surface area contributed by atoms with Crippen molar-refractivity contribution in [1.29, 1.82) is 0 Å². The summed E-state index contributed by atoms with van der Waals surface area (Å²) < 4.78 is 61.3. The van der Waals surface area contributed by atoms with E-state index in [2.05, 4.69) is 0 Å². The van der Waals surface area contributed by atoms with Crippen LogP contribution in [0, 0.1) is 70.1 Å². The van der Waals surface area contributed by atoms with Crippen LogP contribution in [0.15, 0.2) is 48.5 Å². The Labute approximate surface area is 179 Å². The number of nitro benzene ring substituents is 2. The zero-order valence-electron chi connectivity index (χ0n) is 17.0. The molecule has 0 aliphatic carbocycles. The average molecular weight is 456 g/mol. The molecule has 0 spiro atoms. The Hall–Kier alpha value is -3.89. The number of non-ortho nitro benzene ring substituents is 2. The van der Waals surface area contributed by atoms with Gasteiger partial charge in [0, 0.05) is 12.1 Å². The first kappa shape index (κ1) is 26.1. The monoisotopic (exact) mass is 456 g/mol. The van der Waals surface area contributed by atoms with E-state index >= 15 is 0 Å². The molecule has 0 aliphatic rings. The molecule has 3 aromatic carbocycles. The molecule has 0 unspecified atom stereocenters. The van der Waals surface area contributed by atoms with E-state index in [1.54, 1.807) is 6.92 Å². The van der Waals surface area contributed by atoms with Crippen molar-refractivity contribution < 1.29 is 31.8 Å². The van der Waals surface area contributed by atoms with Gasteiger partial charge in [0.15, 0.2) is 29.1 Å². The predicted octanol–water partition coefficient (Wildman–Crippen LogP) is 6.50. The molecule has 0 N–H and O–H groups in total. The summed E-state index contributed by atoms with van der Waals surface area (Å²) in [6.07, 6.45) is 0. The van der Waals surface area contributed by atoms with Crippen LogP contribution in [0.4, 0.5) is 33.3 Å². The highest BCUT2D eigenvalue weighted by atomic mass is 19.2. The van der Waals surface area contributed by atoms with Crippen molar-refractivity contribution in [2.45, 2.75) is 20.8 Å². The summed E-state index contributed by atoms with van der Waals surface area (Å²) in [6.45, 7) is 4.47. The molecule has 32 heavy (non-hydrogen) atoms. The molecule has 11 heteroatoms. The van der Waals surface area contributed by atoms with Crippen molar-refractivity contribution in [2.75, 3.05) is 0 Å². The fourth-order valence-corrected chi connectivity index (χ4v) is 2.19. The lowest BCUT2D eigenvalue weighted by Gasteiger charge is -1.96. The number of rotatable bonds is 2. The number of halogens is 5. The van der Waals surface area contributed by atoms with Gasteiger partial charge in [-0.3, -0.25) is 20.2 Å². The summed E-state index contributed by atoms with van der Waals surface area (Å²) in [5.41, 5.74) is 0.438. The van der Waals surface area contributed by atoms with E-state index in [9.17, 15) is 42.2 Å². The number of nitro groups is 2. The van der Waals surface area contributed by atoms with Crippen LogP contribution in [0.5, 0.6) is 0 Å². The first-order valence-corrected chi connectivity index (χ1v) is 8.76. The van der Waals surface area contributed by atoms with Gasteiger partial charge in [-0.15, -0.1) is 0 Å². The quantitative estimate of drug-likeness (QED) is 0.191. The number of hydrogen-bond donors (Lipinski definition) is 0. The van der Waals surface area contributed by atoms with E-state index in [4.69, 9.17) is 0 Å². The van der Waals surface area contributed by atoms with Crippen LogP contribution in [0.1, 0.15) is 16.7 Å². The molecule has 0 bridgehead atoms. The third kappa shape index (κ3) is 7.42. The Morgan fingerprint density at radius 2 is 1.09 bits per heavy atom. The van der Waals surface area contributed by atoms with Crippen LogP contribution in [0.25, 0.3) is 0 Å². The number of hydrogen-bond acceptors (Lipinski definition) is 4. The van der Waals surface area contributed by atoms with Gasteiger partial charge in [0.1, 0.15) is 0 Å². The highest BCUT2D eigenvalue weighted by Gasteiger charge is 2.14. The van der Waals surface area contributed by atoms with E-state index in [0.29, 0.717) is 11.1 Å². The minimum atomic E-state index is -1.40. The van der Waals surface area contributed by atoms with Crippen LogP contribution in [0.3, 0.4) is 0 Å². The zero-order valence-corrected chi connectivity index (χ0v) is 17.0. The lowest BCUT2D eigenvalue weighted by molar-refractivity contribution is -0.394.